The van der Waals surface area contributed by atoms with Gasteiger partial charge in [0.2, 0.25) is 0 Å². The van der Waals surface area contributed by atoms with Crippen molar-refractivity contribution in [3.63, 3.8) is 0 Å². The Balaban J connectivity index is 2.95. The van der Waals surface area contributed by atoms with Gasteiger partial charge in [-0.25, -0.2) is 9.97 Å². The zero-order chi connectivity index (χ0) is 8.72. The van der Waals surface area contributed by atoms with Crippen LogP contribution >= 0.6 is 0 Å². The fourth-order valence-corrected chi connectivity index (χ4v) is 1.38. The van der Waals surface area contributed by atoms with Gasteiger partial charge in [-0.1, -0.05) is 0 Å². The van der Waals surface area contributed by atoms with Crippen molar-refractivity contribution in [1.29, 1.82) is 0 Å². The molecule has 2 rings (SSSR count). The SMILES string of the molecule is Cc1ncnc2c1cc(C)n2C. The molecule has 2 aromatic heterocycles. The van der Waals surface area contributed by atoms with Crippen LogP contribution in [0.3, 0.4) is 0 Å². The topological polar surface area (TPSA) is 30.7 Å². The minimum Gasteiger partial charge on any atom is -0.333 e. The molecule has 0 radical (unpaired) electrons. The van der Waals surface area contributed by atoms with Crippen LogP contribution in [0, 0.1) is 13.8 Å². The van der Waals surface area contributed by atoms with Crippen LogP contribution < -0.4 is 0 Å². The van der Waals surface area contributed by atoms with Gasteiger partial charge in [-0.3, -0.25) is 0 Å². The third-order valence-corrected chi connectivity index (χ3v) is 2.26. The van der Waals surface area contributed by atoms with Gasteiger partial charge in [-0.15, -0.1) is 0 Å². The number of hydrogen-bond donors (Lipinski definition) is 0. The molecule has 0 aromatic carbocycles. The molecule has 0 bridgehead atoms. The summed E-state index contributed by atoms with van der Waals surface area (Å²) < 4.78 is 2.07. The van der Waals surface area contributed by atoms with Gasteiger partial charge in [0.15, 0.2) is 0 Å². The molecule has 12 heavy (non-hydrogen) atoms. The smallest absolute Gasteiger partial charge is 0.143 e. The first-order valence-electron chi connectivity index (χ1n) is 3.94. The summed E-state index contributed by atoms with van der Waals surface area (Å²) in [6.07, 6.45) is 1.61. The van der Waals surface area contributed by atoms with Crippen LogP contribution in [-0.4, -0.2) is 14.5 Å². The lowest BCUT2D eigenvalue weighted by Crippen LogP contribution is -1.92. The van der Waals surface area contributed by atoms with Crippen LogP contribution in [0.4, 0.5) is 0 Å². The zero-order valence-electron chi connectivity index (χ0n) is 7.50. The van der Waals surface area contributed by atoms with Crippen LogP contribution in [-0.2, 0) is 7.05 Å². The average molecular weight is 161 g/mol. The van der Waals surface area contributed by atoms with Crippen molar-refractivity contribution < 1.29 is 0 Å². The van der Waals surface area contributed by atoms with Gasteiger partial charge < -0.3 is 4.57 Å². The minimum absolute atomic E-state index is 1.01. The Morgan fingerprint density at radius 3 is 2.67 bits per heavy atom. The third-order valence-electron chi connectivity index (χ3n) is 2.26. The first-order valence-corrected chi connectivity index (χ1v) is 3.94. The van der Waals surface area contributed by atoms with Crippen molar-refractivity contribution in [3.05, 3.63) is 23.8 Å². The highest BCUT2D eigenvalue weighted by atomic mass is 15.0. The average Bonchev–Trinajstić information content (AvgIpc) is 2.32. The fraction of sp³-hybridized carbons (Fsp3) is 0.333. The van der Waals surface area contributed by atoms with Crippen LogP contribution in [0.5, 0.6) is 0 Å². The van der Waals surface area contributed by atoms with Gasteiger partial charge in [0.1, 0.15) is 12.0 Å². The molecule has 0 aliphatic rings. The molecule has 0 unspecified atom stereocenters. The molecular formula is C9H11N3. The molecule has 0 aliphatic heterocycles. The molecule has 0 saturated carbocycles. The summed E-state index contributed by atoms with van der Waals surface area (Å²) in [5.41, 5.74) is 3.28. The molecule has 0 saturated heterocycles. The lowest BCUT2D eigenvalue weighted by Gasteiger charge is -1.96. The molecule has 0 N–H and O–H groups in total. The summed E-state index contributed by atoms with van der Waals surface area (Å²) in [6.45, 7) is 4.07. The van der Waals surface area contributed by atoms with Crippen LogP contribution in [0.2, 0.25) is 0 Å². The molecule has 0 spiro atoms. The van der Waals surface area contributed by atoms with Gasteiger partial charge in [0.25, 0.3) is 0 Å². The number of hydrogen-bond acceptors (Lipinski definition) is 2. The Morgan fingerprint density at radius 1 is 1.25 bits per heavy atom. The second-order valence-corrected chi connectivity index (χ2v) is 3.04. The van der Waals surface area contributed by atoms with E-state index in [1.165, 1.54) is 5.69 Å². The minimum atomic E-state index is 1.01. The standard InChI is InChI=1S/C9H11N3/c1-6-4-8-7(2)10-5-11-9(8)12(6)3/h4-5H,1-3H3. The molecule has 2 aromatic rings. The molecular weight excluding hydrogens is 150 g/mol. The lowest BCUT2D eigenvalue weighted by molar-refractivity contribution is 0.898. The highest BCUT2D eigenvalue weighted by Gasteiger charge is 2.04. The van der Waals surface area contributed by atoms with Crippen molar-refractivity contribution in [2.75, 3.05) is 0 Å². The molecule has 0 aliphatic carbocycles. The Hall–Kier alpha value is -1.38. The quantitative estimate of drug-likeness (QED) is 0.587. The highest BCUT2D eigenvalue weighted by Crippen LogP contribution is 2.17. The molecule has 2 heterocycles. The summed E-state index contributed by atoms with van der Waals surface area (Å²) in [4.78, 5) is 8.35. The predicted molar refractivity (Wildman–Crippen MR) is 48.0 cm³/mol. The summed E-state index contributed by atoms with van der Waals surface area (Å²) in [6, 6.07) is 2.12. The van der Waals surface area contributed by atoms with Gasteiger partial charge in [-0.2, -0.15) is 0 Å². The fourth-order valence-electron chi connectivity index (χ4n) is 1.38. The zero-order valence-corrected chi connectivity index (χ0v) is 7.50. The maximum absolute atomic E-state index is 4.21. The van der Waals surface area contributed by atoms with Crippen molar-refractivity contribution in [1.82, 2.24) is 14.5 Å². The maximum atomic E-state index is 4.21. The van der Waals surface area contributed by atoms with Gasteiger partial charge in [0.05, 0.1) is 5.69 Å². The van der Waals surface area contributed by atoms with Crippen LogP contribution in [0.25, 0.3) is 11.0 Å². The van der Waals surface area contributed by atoms with E-state index in [0.717, 1.165) is 16.7 Å². The van der Waals surface area contributed by atoms with E-state index in [-0.39, 0.29) is 0 Å². The molecule has 3 nitrogen and oxygen atoms in total. The largest absolute Gasteiger partial charge is 0.333 e. The number of rotatable bonds is 0. The number of aromatic nitrogens is 3. The predicted octanol–water partition coefficient (Wildman–Crippen LogP) is 1.59. The van der Waals surface area contributed by atoms with E-state index in [0.29, 0.717) is 0 Å². The van der Waals surface area contributed by atoms with Gasteiger partial charge in [-0.05, 0) is 19.9 Å². The second-order valence-electron chi connectivity index (χ2n) is 3.04. The Bertz CT molecular complexity index is 429. The first kappa shape index (κ1) is 7.28. The number of aryl methyl sites for hydroxylation is 3. The van der Waals surface area contributed by atoms with Crippen LogP contribution in [0.15, 0.2) is 12.4 Å². The Morgan fingerprint density at radius 2 is 2.00 bits per heavy atom. The van der Waals surface area contributed by atoms with E-state index < -0.39 is 0 Å². The monoisotopic (exact) mass is 161 g/mol. The summed E-state index contributed by atoms with van der Waals surface area (Å²) in [5.74, 6) is 0. The van der Waals surface area contributed by atoms with E-state index in [2.05, 4.69) is 27.5 Å². The molecule has 0 fully saturated rings. The van der Waals surface area contributed by atoms with Gasteiger partial charge in [0, 0.05) is 18.1 Å². The van der Waals surface area contributed by atoms with Crippen molar-refractivity contribution >= 4 is 11.0 Å². The van der Waals surface area contributed by atoms with Crippen LogP contribution in [0.1, 0.15) is 11.4 Å². The molecule has 3 heteroatoms. The summed E-state index contributed by atoms with van der Waals surface area (Å²) in [5, 5.41) is 1.15. The third kappa shape index (κ3) is 0.826. The van der Waals surface area contributed by atoms with E-state index in [1.807, 2.05) is 14.0 Å². The number of fused-ring (bicyclic) bond motifs is 1. The van der Waals surface area contributed by atoms with Crippen molar-refractivity contribution in [2.45, 2.75) is 13.8 Å². The van der Waals surface area contributed by atoms with Gasteiger partial charge >= 0.3 is 0 Å². The Labute approximate surface area is 71.1 Å². The molecule has 62 valence electrons. The molecule has 0 amide bonds. The van der Waals surface area contributed by atoms with E-state index in [9.17, 15) is 0 Å². The van der Waals surface area contributed by atoms with E-state index in [4.69, 9.17) is 0 Å². The second kappa shape index (κ2) is 2.30. The summed E-state index contributed by atoms with van der Waals surface area (Å²) >= 11 is 0. The Kier molecular flexibility index (Phi) is 1.40. The lowest BCUT2D eigenvalue weighted by atomic mass is 10.3. The first-order chi connectivity index (χ1) is 5.70. The maximum Gasteiger partial charge on any atom is 0.143 e. The highest BCUT2D eigenvalue weighted by molar-refractivity contribution is 5.79. The van der Waals surface area contributed by atoms with Crippen molar-refractivity contribution in [3.8, 4) is 0 Å². The number of nitrogens with zero attached hydrogens (tertiary/aromatic N) is 3. The van der Waals surface area contributed by atoms with E-state index in [1.54, 1.807) is 6.33 Å². The summed E-state index contributed by atoms with van der Waals surface area (Å²) in [7, 11) is 2.02. The van der Waals surface area contributed by atoms with Crippen molar-refractivity contribution in [2.24, 2.45) is 7.05 Å². The van der Waals surface area contributed by atoms with E-state index >= 15 is 0 Å². The normalized spacial score (nSPS) is 10.9. The molecule has 0 atom stereocenters.